The summed E-state index contributed by atoms with van der Waals surface area (Å²) in [5.74, 6) is 0.343. The maximum absolute atomic E-state index is 10.2. The summed E-state index contributed by atoms with van der Waals surface area (Å²) in [6.07, 6.45) is 4.62. The van der Waals surface area contributed by atoms with Crippen molar-refractivity contribution in [2.75, 3.05) is 0 Å². The molecule has 1 aromatic rings. The molecule has 0 aliphatic heterocycles. The summed E-state index contributed by atoms with van der Waals surface area (Å²) >= 11 is 17.7. The Balaban J connectivity index is 0.000000459. The monoisotopic (exact) mass is 322 g/mol. The zero-order chi connectivity index (χ0) is 14.8. The molecule has 1 nitrogen and oxygen atoms in total. The van der Waals surface area contributed by atoms with Crippen molar-refractivity contribution in [3.8, 4) is 0 Å². The number of ketones is 1. The minimum absolute atomic E-state index is 0.343. The molecule has 0 fully saturated rings. The maximum Gasteiger partial charge on any atom is 0.132 e. The van der Waals surface area contributed by atoms with E-state index in [1.165, 1.54) is 0 Å². The first-order valence-electron chi connectivity index (χ1n) is 6.61. The maximum atomic E-state index is 10.2. The van der Waals surface area contributed by atoms with Crippen LogP contribution in [0.5, 0.6) is 0 Å². The average molecular weight is 324 g/mol. The van der Waals surface area contributed by atoms with E-state index in [9.17, 15) is 4.79 Å². The van der Waals surface area contributed by atoms with E-state index in [1.54, 1.807) is 6.07 Å². The second-order valence-corrected chi connectivity index (χ2v) is 5.35. The van der Waals surface area contributed by atoms with Gasteiger partial charge in [-0.2, -0.15) is 0 Å². The third-order valence-corrected chi connectivity index (χ3v) is 4.04. The van der Waals surface area contributed by atoms with Gasteiger partial charge in [0.05, 0.1) is 15.1 Å². The molecule has 1 aromatic carbocycles. The number of unbranched alkanes of at least 4 members (excludes halogenated alkanes) is 1. The predicted octanol–water partition coefficient (Wildman–Crippen LogP) is 6.36. The van der Waals surface area contributed by atoms with Crippen molar-refractivity contribution < 1.29 is 4.79 Å². The van der Waals surface area contributed by atoms with Gasteiger partial charge in [-0.05, 0) is 24.5 Å². The molecule has 19 heavy (non-hydrogen) atoms. The van der Waals surface area contributed by atoms with E-state index in [1.807, 2.05) is 19.9 Å². The van der Waals surface area contributed by atoms with Gasteiger partial charge in [-0.25, -0.2) is 0 Å². The molecular formula is C15H21Cl3O. The van der Waals surface area contributed by atoms with Gasteiger partial charge in [0, 0.05) is 12.8 Å². The summed E-state index contributed by atoms with van der Waals surface area (Å²) in [5.41, 5.74) is 1.08. The topological polar surface area (TPSA) is 17.1 Å². The molecule has 4 heteroatoms. The van der Waals surface area contributed by atoms with Crippen LogP contribution in [0.1, 0.15) is 52.0 Å². The smallest absolute Gasteiger partial charge is 0.132 e. The van der Waals surface area contributed by atoms with Gasteiger partial charge in [0.2, 0.25) is 0 Å². The summed E-state index contributed by atoms with van der Waals surface area (Å²) in [4.78, 5) is 10.2. The molecule has 1 rings (SSSR count). The van der Waals surface area contributed by atoms with Crippen molar-refractivity contribution >= 4 is 40.6 Å². The Morgan fingerprint density at radius 3 is 2.00 bits per heavy atom. The van der Waals surface area contributed by atoms with Crippen LogP contribution in [0.3, 0.4) is 0 Å². The minimum atomic E-state index is 0.343. The van der Waals surface area contributed by atoms with Gasteiger partial charge >= 0.3 is 0 Å². The number of hydrogen-bond acceptors (Lipinski definition) is 1. The number of carbonyl (C=O) groups is 1. The largest absolute Gasteiger partial charge is 0.300 e. The molecule has 0 N–H and O–H groups in total. The predicted molar refractivity (Wildman–Crippen MR) is 85.7 cm³/mol. The number of carbonyl (C=O) groups excluding carboxylic acids is 1. The summed E-state index contributed by atoms with van der Waals surface area (Å²) < 4.78 is 0. The molecule has 0 saturated carbocycles. The molecule has 0 atom stereocenters. The summed E-state index contributed by atoms with van der Waals surface area (Å²) in [7, 11) is 0. The van der Waals surface area contributed by atoms with Crippen LogP contribution < -0.4 is 0 Å². The van der Waals surface area contributed by atoms with E-state index in [0.29, 0.717) is 33.7 Å². The van der Waals surface area contributed by atoms with Crippen LogP contribution in [0.15, 0.2) is 12.1 Å². The molecule has 0 radical (unpaired) electrons. The zero-order valence-electron chi connectivity index (χ0n) is 11.7. The molecule has 0 saturated heterocycles. The average Bonchev–Trinajstić information content (AvgIpc) is 2.44. The van der Waals surface area contributed by atoms with Crippen LogP contribution in [0, 0.1) is 0 Å². The molecule has 0 unspecified atom stereocenters. The number of halogens is 3. The summed E-state index contributed by atoms with van der Waals surface area (Å²) in [6, 6.07) is 3.73. The Morgan fingerprint density at radius 2 is 1.58 bits per heavy atom. The lowest BCUT2D eigenvalue weighted by atomic mass is 10.1. The lowest BCUT2D eigenvalue weighted by Gasteiger charge is -2.05. The van der Waals surface area contributed by atoms with E-state index in [-0.39, 0.29) is 0 Å². The van der Waals surface area contributed by atoms with E-state index in [0.717, 1.165) is 24.8 Å². The van der Waals surface area contributed by atoms with E-state index in [4.69, 9.17) is 34.8 Å². The SMILES string of the molecule is CCC(=O)CC.CCCCc1ccc(Cl)c(Cl)c1Cl. The minimum Gasteiger partial charge on any atom is -0.300 e. The molecule has 0 heterocycles. The molecule has 0 bridgehead atoms. The van der Waals surface area contributed by atoms with Gasteiger partial charge in [-0.1, -0.05) is 68.1 Å². The fourth-order valence-corrected chi connectivity index (χ4v) is 2.03. The molecule has 0 spiro atoms. The Hall–Kier alpha value is -0.240. The van der Waals surface area contributed by atoms with Gasteiger partial charge in [0.15, 0.2) is 0 Å². The first-order valence-corrected chi connectivity index (χ1v) is 7.75. The lowest BCUT2D eigenvalue weighted by molar-refractivity contribution is -0.118. The first kappa shape index (κ1) is 18.8. The van der Waals surface area contributed by atoms with Crippen molar-refractivity contribution in [3.63, 3.8) is 0 Å². The normalized spacial score (nSPS) is 9.79. The highest BCUT2D eigenvalue weighted by molar-refractivity contribution is 6.48. The van der Waals surface area contributed by atoms with Crippen LogP contribution in [0.4, 0.5) is 0 Å². The Labute approximate surface area is 131 Å². The van der Waals surface area contributed by atoms with Gasteiger partial charge in [-0.3, -0.25) is 4.79 Å². The molecular weight excluding hydrogens is 303 g/mol. The quantitative estimate of drug-likeness (QED) is 0.576. The second-order valence-electron chi connectivity index (χ2n) is 4.18. The van der Waals surface area contributed by atoms with Crippen LogP contribution in [-0.4, -0.2) is 5.78 Å². The lowest BCUT2D eigenvalue weighted by Crippen LogP contribution is -1.88. The molecule has 0 aliphatic carbocycles. The van der Waals surface area contributed by atoms with Gasteiger partial charge in [-0.15, -0.1) is 0 Å². The summed E-state index contributed by atoms with van der Waals surface area (Å²) in [6.45, 7) is 5.91. The third-order valence-electron chi connectivity index (χ3n) is 2.70. The first-order chi connectivity index (χ1) is 8.97. The van der Waals surface area contributed by atoms with Crippen LogP contribution in [0.2, 0.25) is 15.1 Å². The van der Waals surface area contributed by atoms with Crippen molar-refractivity contribution in [1.29, 1.82) is 0 Å². The van der Waals surface area contributed by atoms with Gasteiger partial charge < -0.3 is 0 Å². The highest BCUT2D eigenvalue weighted by Gasteiger charge is 2.07. The van der Waals surface area contributed by atoms with Crippen molar-refractivity contribution in [1.82, 2.24) is 0 Å². The summed E-state index contributed by atoms with van der Waals surface area (Å²) in [5, 5.41) is 1.59. The van der Waals surface area contributed by atoms with E-state index < -0.39 is 0 Å². The number of aryl methyl sites for hydroxylation is 1. The van der Waals surface area contributed by atoms with Crippen LogP contribution in [-0.2, 0) is 11.2 Å². The number of benzene rings is 1. The number of hydrogen-bond donors (Lipinski definition) is 0. The van der Waals surface area contributed by atoms with Crippen molar-refractivity contribution in [2.45, 2.75) is 52.9 Å². The zero-order valence-corrected chi connectivity index (χ0v) is 14.0. The standard InChI is InChI=1S/C10H11Cl3.C5H10O/c1-2-3-4-7-5-6-8(11)10(13)9(7)12;1-3-5(6)4-2/h5-6H,2-4H2,1H3;3-4H2,1-2H3. The third kappa shape index (κ3) is 7.20. The number of rotatable bonds is 5. The molecule has 108 valence electrons. The van der Waals surface area contributed by atoms with E-state index in [2.05, 4.69) is 6.92 Å². The fourth-order valence-electron chi connectivity index (χ4n) is 1.38. The van der Waals surface area contributed by atoms with Gasteiger partial charge in [0.25, 0.3) is 0 Å². The van der Waals surface area contributed by atoms with Crippen LogP contribution in [0.25, 0.3) is 0 Å². The molecule has 0 aromatic heterocycles. The Bertz CT molecular complexity index is 397. The highest BCUT2D eigenvalue weighted by atomic mass is 35.5. The number of Topliss-reactive ketones (excluding diaryl/α,β-unsaturated/α-hetero) is 1. The highest BCUT2D eigenvalue weighted by Crippen LogP contribution is 2.33. The van der Waals surface area contributed by atoms with Crippen LogP contribution >= 0.6 is 34.8 Å². The van der Waals surface area contributed by atoms with E-state index >= 15 is 0 Å². The molecule has 0 amide bonds. The fraction of sp³-hybridized carbons (Fsp3) is 0.533. The molecule has 0 aliphatic rings. The Morgan fingerprint density at radius 1 is 1.00 bits per heavy atom. The Kier molecular flexibility index (Phi) is 10.4. The van der Waals surface area contributed by atoms with Crippen molar-refractivity contribution in [2.24, 2.45) is 0 Å². The van der Waals surface area contributed by atoms with Crippen molar-refractivity contribution in [3.05, 3.63) is 32.8 Å². The second kappa shape index (κ2) is 10.5. The van der Waals surface area contributed by atoms with Gasteiger partial charge in [0.1, 0.15) is 5.78 Å².